The van der Waals surface area contributed by atoms with Gasteiger partial charge in [-0.15, -0.1) is 0 Å². The predicted molar refractivity (Wildman–Crippen MR) is 39.4 cm³/mol. The lowest BCUT2D eigenvalue weighted by molar-refractivity contribution is 0.118. The molecule has 0 radical (unpaired) electrons. The van der Waals surface area contributed by atoms with Crippen molar-refractivity contribution in [2.75, 3.05) is 19.3 Å². The summed E-state index contributed by atoms with van der Waals surface area (Å²) in [6, 6.07) is 0. The van der Waals surface area contributed by atoms with Crippen molar-refractivity contribution < 1.29 is 4.21 Å². The Labute approximate surface area is 58.8 Å². The third-order valence-corrected chi connectivity index (χ3v) is 2.56. The van der Waals surface area contributed by atoms with E-state index in [2.05, 4.69) is 13.8 Å². The summed E-state index contributed by atoms with van der Waals surface area (Å²) in [4.78, 5) is 0. The van der Waals surface area contributed by atoms with E-state index in [1.165, 1.54) is 0 Å². The molecule has 2 nitrogen and oxygen atoms in total. The van der Waals surface area contributed by atoms with E-state index in [0.717, 1.165) is 13.1 Å². The molecule has 0 aliphatic carbocycles. The van der Waals surface area contributed by atoms with Gasteiger partial charge in [0.1, 0.15) is 0 Å². The van der Waals surface area contributed by atoms with Crippen LogP contribution < -0.4 is 0 Å². The van der Waals surface area contributed by atoms with Gasteiger partial charge in [0.2, 0.25) is 0 Å². The molecule has 1 aliphatic rings. The van der Waals surface area contributed by atoms with Crippen LogP contribution in [0.1, 0.15) is 13.8 Å². The lowest BCUT2D eigenvalue weighted by Gasteiger charge is -2.43. The van der Waals surface area contributed by atoms with Crippen molar-refractivity contribution in [1.82, 2.24) is 4.31 Å². The Kier molecular flexibility index (Phi) is 1.65. The maximum atomic E-state index is 10.8. The van der Waals surface area contributed by atoms with Crippen LogP contribution in [0.4, 0.5) is 0 Å². The highest BCUT2D eigenvalue weighted by atomic mass is 32.2. The van der Waals surface area contributed by atoms with Gasteiger partial charge in [0.25, 0.3) is 0 Å². The first-order valence-corrected chi connectivity index (χ1v) is 4.61. The Balaban J connectivity index is 2.35. The van der Waals surface area contributed by atoms with Crippen molar-refractivity contribution in [2.45, 2.75) is 13.8 Å². The molecule has 0 N–H and O–H groups in total. The molecule has 1 heterocycles. The average molecular weight is 147 g/mol. The second-order valence-corrected chi connectivity index (χ2v) is 4.75. The Hall–Kier alpha value is 0.110. The van der Waals surface area contributed by atoms with Gasteiger partial charge in [0, 0.05) is 19.3 Å². The van der Waals surface area contributed by atoms with Crippen LogP contribution in [0, 0.1) is 5.41 Å². The molecule has 1 atom stereocenters. The zero-order valence-corrected chi connectivity index (χ0v) is 6.99. The van der Waals surface area contributed by atoms with Crippen LogP contribution in [0.5, 0.6) is 0 Å². The van der Waals surface area contributed by atoms with E-state index in [1.807, 2.05) is 4.31 Å². The summed E-state index contributed by atoms with van der Waals surface area (Å²) < 4.78 is 12.7. The van der Waals surface area contributed by atoms with E-state index < -0.39 is 11.0 Å². The van der Waals surface area contributed by atoms with E-state index >= 15 is 0 Å². The molecule has 1 saturated heterocycles. The maximum absolute atomic E-state index is 10.8. The normalized spacial score (nSPS) is 29.2. The summed E-state index contributed by atoms with van der Waals surface area (Å²) in [6.45, 7) is 6.35. The number of hydrogen-bond acceptors (Lipinski definition) is 1. The van der Waals surface area contributed by atoms with Crippen LogP contribution in [0.25, 0.3) is 0 Å². The van der Waals surface area contributed by atoms with E-state index in [0.29, 0.717) is 5.41 Å². The Morgan fingerprint density at radius 3 is 2.00 bits per heavy atom. The fourth-order valence-corrected chi connectivity index (χ4v) is 2.15. The molecule has 1 unspecified atom stereocenters. The molecule has 1 aliphatic heterocycles. The molecule has 0 amide bonds. The molecule has 3 heteroatoms. The molecule has 0 aromatic carbocycles. The van der Waals surface area contributed by atoms with Crippen LogP contribution in [0.2, 0.25) is 0 Å². The molecule has 1 fully saturated rings. The van der Waals surface area contributed by atoms with Crippen molar-refractivity contribution in [2.24, 2.45) is 5.41 Å². The topological polar surface area (TPSA) is 20.3 Å². The smallest absolute Gasteiger partial charge is 0.0911 e. The zero-order valence-electron chi connectivity index (χ0n) is 6.18. The summed E-state index contributed by atoms with van der Waals surface area (Å²) >= 11 is 0. The molecule has 0 saturated carbocycles. The first-order valence-electron chi connectivity index (χ1n) is 3.10. The summed E-state index contributed by atoms with van der Waals surface area (Å²) in [5.74, 6) is 0. The van der Waals surface area contributed by atoms with Crippen molar-refractivity contribution >= 4 is 11.0 Å². The highest BCUT2D eigenvalue weighted by molar-refractivity contribution is 7.81. The minimum Gasteiger partial charge on any atom is -0.243 e. The largest absolute Gasteiger partial charge is 0.243 e. The Morgan fingerprint density at radius 2 is 1.89 bits per heavy atom. The molecule has 0 aromatic heterocycles. The highest BCUT2D eigenvalue weighted by Gasteiger charge is 2.35. The predicted octanol–water partition coefficient (Wildman–Crippen LogP) is 0.622. The quantitative estimate of drug-likeness (QED) is 0.532. The van der Waals surface area contributed by atoms with Crippen molar-refractivity contribution in [3.05, 3.63) is 0 Å². The monoisotopic (exact) mass is 147 g/mol. The number of rotatable bonds is 1. The number of hydrogen-bond donors (Lipinski definition) is 0. The van der Waals surface area contributed by atoms with Crippen LogP contribution in [0.3, 0.4) is 0 Å². The van der Waals surface area contributed by atoms with Gasteiger partial charge in [-0.25, -0.2) is 8.51 Å². The van der Waals surface area contributed by atoms with Gasteiger partial charge in [-0.1, -0.05) is 13.8 Å². The Morgan fingerprint density at radius 1 is 1.44 bits per heavy atom. The maximum Gasteiger partial charge on any atom is 0.0911 e. The molecule has 0 spiro atoms. The first kappa shape index (κ1) is 7.22. The van der Waals surface area contributed by atoms with Gasteiger partial charge < -0.3 is 0 Å². The van der Waals surface area contributed by atoms with Gasteiger partial charge in [0.15, 0.2) is 0 Å². The number of nitrogens with zero attached hydrogens (tertiary/aromatic N) is 1. The molecule has 9 heavy (non-hydrogen) atoms. The average Bonchev–Trinajstić information content (AvgIpc) is 1.59. The fourth-order valence-electron chi connectivity index (χ4n) is 1.09. The lowest BCUT2D eigenvalue weighted by atomic mass is 9.87. The third kappa shape index (κ3) is 1.52. The minimum atomic E-state index is -0.737. The van der Waals surface area contributed by atoms with E-state index in [4.69, 9.17) is 0 Å². The summed E-state index contributed by atoms with van der Waals surface area (Å²) in [7, 11) is -0.737. The molecular formula is C6H13NOS. The van der Waals surface area contributed by atoms with Crippen LogP contribution in [-0.2, 0) is 11.0 Å². The van der Waals surface area contributed by atoms with Gasteiger partial charge in [-0.05, 0) is 5.41 Å². The van der Waals surface area contributed by atoms with Crippen molar-refractivity contribution in [1.29, 1.82) is 0 Å². The third-order valence-electron chi connectivity index (χ3n) is 1.57. The van der Waals surface area contributed by atoms with Crippen LogP contribution in [0.15, 0.2) is 0 Å². The summed E-state index contributed by atoms with van der Waals surface area (Å²) in [5.41, 5.74) is 0.408. The van der Waals surface area contributed by atoms with E-state index in [1.54, 1.807) is 6.26 Å². The molecule has 1 rings (SSSR count). The van der Waals surface area contributed by atoms with Gasteiger partial charge in [-0.3, -0.25) is 0 Å². The van der Waals surface area contributed by atoms with Crippen LogP contribution >= 0.6 is 0 Å². The standard InChI is InChI=1S/C6H13NOS/c1-6(2)4-7(5-6)9(3)8/h4-5H2,1-3H3. The minimum absolute atomic E-state index is 0.408. The lowest BCUT2D eigenvalue weighted by Crippen LogP contribution is -2.52. The molecule has 54 valence electrons. The van der Waals surface area contributed by atoms with Gasteiger partial charge in [0.05, 0.1) is 11.0 Å². The highest BCUT2D eigenvalue weighted by Crippen LogP contribution is 2.28. The SMILES string of the molecule is CS(=O)N1CC(C)(C)C1. The Bertz CT molecular complexity index is 136. The first-order chi connectivity index (χ1) is 4.01. The second-order valence-electron chi connectivity index (χ2n) is 3.39. The molecular weight excluding hydrogens is 134 g/mol. The molecule has 0 aromatic rings. The van der Waals surface area contributed by atoms with Crippen molar-refractivity contribution in [3.8, 4) is 0 Å². The van der Waals surface area contributed by atoms with E-state index in [-0.39, 0.29) is 0 Å². The van der Waals surface area contributed by atoms with Gasteiger partial charge >= 0.3 is 0 Å². The van der Waals surface area contributed by atoms with Crippen LogP contribution in [-0.4, -0.2) is 27.9 Å². The van der Waals surface area contributed by atoms with E-state index in [9.17, 15) is 4.21 Å². The second kappa shape index (κ2) is 2.06. The van der Waals surface area contributed by atoms with Crippen molar-refractivity contribution in [3.63, 3.8) is 0 Å². The molecule has 0 bridgehead atoms. The summed E-state index contributed by atoms with van der Waals surface area (Å²) in [6.07, 6.45) is 1.73. The summed E-state index contributed by atoms with van der Waals surface area (Å²) in [5, 5.41) is 0. The zero-order chi connectivity index (χ0) is 7.07. The fraction of sp³-hybridized carbons (Fsp3) is 1.00. The van der Waals surface area contributed by atoms with Gasteiger partial charge in [-0.2, -0.15) is 0 Å².